The monoisotopic (exact) mass is 281 g/mol. The highest BCUT2D eigenvalue weighted by atomic mass is 19.1. The van der Waals surface area contributed by atoms with Crippen LogP contribution < -0.4 is 5.32 Å². The summed E-state index contributed by atoms with van der Waals surface area (Å²) in [5, 5.41) is 12.2. The molecule has 0 radical (unpaired) electrons. The van der Waals surface area contributed by atoms with Crippen LogP contribution in [0.2, 0.25) is 0 Å². The van der Waals surface area contributed by atoms with Gasteiger partial charge in [-0.3, -0.25) is 0 Å². The summed E-state index contributed by atoms with van der Waals surface area (Å²) in [4.78, 5) is 0. The second-order valence-corrected chi connectivity index (χ2v) is 4.59. The number of halogens is 3. The summed E-state index contributed by atoms with van der Waals surface area (Å²) in [6.45, 7) is 1.90. The van der Waals surface area contributed by atoms with E-state index >= 15 is 0 Å². The van der Waals surface area contributed by atoms with Gasteiger partial charge in [-0.2, -0.15) is 0 Å². The van der Waals surface area contributed by atoms with Crippen molar-refractivity contribution in [3.8, 4) is 5.75 Å². The summed E-state index contributed by atoms with van der Waals surface area (Å²) in [5.41, 5.74) is 0.719. The predicted octanol–water partition coefficient (Wildman–Crippen LogP) is 3.66. The maximum atomic E-state index is 13.6. The fraction of sp³-hybridized carbons (Fsp3) is 0.200. The van der Waals surface area contributed by atoms with Crippen molar-refractivity contribution < 1.29 is 18.3 Å². The lowest BCUT2D eigenvalue weighted by Crippen LogP contribution is -2.19. The molecule has 0 aliphatic heterocycles. The van der Waals surface area contributed by atoms with E-state index < -0.39 is 23.5 Å². The molecule has 0 amide bonds. The minimum Gasteiger partial charge on any atom is -0.508 e. The van der Waals surface area contributed by atoms with Crippen molar-refractivity contribution >= 4 is 0 Å². The van der Waals surface area contributed by atoms with E-state index in [0.717, 1.165) is 24.3 Å². The zero-order valence-electron chi connectivity index (χ0n) is 10.8. The molecule has 2 rings (SSSR count). The molecule has 106 valence electrons. The minimum atomic E-state index is -0.550. The molecule has 0 fully saturated rings. The van der Waals surface area contributed by atoms with E-state index in [1.165, 1.54) is 12.1 Å². The van der Waals surface area contributed by atoms with E-state index in [0.29, 0.717) is 5.56 Å². The standard InChI is InChI=1S/C15H14F3NO/c1-9(14-7-11(16)2-3-15(14)18)19-8-10-4-12(17)6-13(20)5-10/h2-7,9,19-20H,8H2,1H3. The van der Waals surface area contributed by atoms with Crippen LogP contribution in [0.1, 0.15) is 24.1 Å². The molecule has 0 aromatic heterocycles. The molecule has 0 aliphatic rings. The van der Waals surface area contributed by atoms with Crippen molar-refractivity contribution in [1.82, 2.24) is 5.32 Å². The smallest absolute Gasteiger partial charge is 0.128 e. The fourth-order valence-corrected chi connectivity index (χ4v) is 1.96. The van der Waals surface area contributed by atoms with Gasteiger partial charge >= 0.3 is 0 Å². The van der Waals surface area contributed by atoms with E-state index in [9.17, 15) is 18.3 Å². The van der Waals surface area contributed by atoms with Gasteiger partial charge in [0.05, 0.1) is 0 Å². The van der Waals surface area contributed by atoms with Gasteiger partial charge in [0.25, 0.3) is 0 Å². The average Bonchev–Trinajstić information content (AvgIpc) is 2.38. The summed E-state index contributed by atoms with van der Waals surface area (Å²) < 4.78 is 39.8. The van der Waals surface area contributed by atoms with Gasteiger partial charge in [-0.1, -0.05) is 0 Å². The topological polar surface area (TPSA) is 32.3 Å². The Balaban J connectivity index is 2.08. The van der Waals surface area contributed by atoms with Crippen molar-refractivity contribution in [2.24, 2.45) is 0 Å². The van der Waals surface area contributed by atoms with Crippen LogP contribution in [-0.4, -0.2) is 5.11 Å². The molecule has 1 unspecified atom stereocenters. The number of hydrogen-bond acceptors (Lipinski definition) is 2. The lowest BCUT2D eigenvalue weighted by molar-refractivity contribution is 0.466. The Hall–Kier alpha value is -2.01. The van der Waals surface area contributed by atoms with Gasteiger partial charge in [0.15, 0.2) is 0 Å². The highest BCUT2D eigenvalue weighted by Gasteiger charge is 2.12. The van der Waals surface area contributed by atoms with Crippen molar-refractivity contribution in [1.29, 1.82) is 0 Å². The van der Waals surface area contributed by atoms with Crippen molar-refractivity contribution in [2.45, 2.75) is 19.5 Å². The number of aromatic hydroxyl groups is 1. The second kappa shape index (κ2) is 5.96. The molecule has 0 saturated heterocycles. The largest absolute Gasteiger partial charge is 0.508 e. The maximum absolute atomic E-state index is 13.6. The number of hydrogen-bond donors (Lipinski definition) is 2. The number of nitrogens with one attached hydrogen (secondary N) is 1. The molecule has 0 saturated carbocycles. The number of benzene rings is 2. The summed E-state index contributed by atoms with van der Waals surface area (Å²) in [5.74, 6) is -1.75. The van der Waals surface area contributed by atoms with E-state index in [4.69, 9.17) is 0 Å². The number of phenolic OH excluding ortho intramolecular Hbond substituents is 1. The highest BCUT2D eigenvalue weighted by molar-refractivity contribution is 5.28. The van der Waals surface area contributed by atoms with Crippen LogP contribution in [-0.2, 0) is 6.54 Å². The SMILES string of the molecule is CC(NCc1cc(O)cc(F)c1)c1cc(F)ccc1F. The van der Waals surface area contributed by atoms with Crippen LogP contribution in [0.25, 0.3) is 0 Å². The first-order valence-corrected chi connectivity index (χ1v) is 6.12. The van der Waals surface area contributed by atoms with Crippen LogP contribution in [0, 0.1) is 17.5 Å². The van der Waals surface area contributed by atoms with Gasteiger partial charge in [-0.05, 0) is 42.8 Å². The van der Waals surface area contributed by atoms with Gasteiger partial charge < -0.3 is 10.4 Å². The van der Waals surface area contributed by atoms with Crippen molar-refractivity contribution in [2.75, 3.05) is 0 Å². The quantitative estimate of drug-likeness (QED) is 0.896. The molecule has 5 heteroatoms. The van der Waals surface area contributed by atoms with Gasteiger partial charge in [-0.25, -0.2) is 13.2 Å². The Morgan fingerprint density at radius 2 is 1.80 bits per heavy atom. The minimum absolute atomic E-state index is 0.175. The van der Waals surface area contributed by atoms with Crippen LogP contribution in [0.3, 0.4) is 0 Å². The predicted molar refractivity (Wildman–Crippen MR) is 69.7 cm³/mol. The third-order valence-corrected chi connectivity index (χ3v) is 2.98. The molecule has 0 bridgehead atoms. The van der Waals surface area contributed by atoms with Gasteiger partial charge in [-0.15, -0.1) is 0 Å². The molecule has 0 aliphatic carbocycles. The normalized spacial score (nSPS) is 12.4. The molecule has 2 aromatic rings. The molecular weight excluding hydrogens is 267 g/mol. The number of rotatable bonds is 4. The lowest BCUT2D eigenvalue weighted by atomic mass is 10.1. The zero-order chi connectivity index (χ0) is 14.7. The van der Waals surface area contributed by atoms with Crippen LogP contribution in [0.4, 0.5) is 13.2 Å². The van der Waals surface area contributed by atoms with Gasteiger partial charge in [0, 0.05) is 24.2 Å². The molecule has 0 spiro atoms. The van der Waals surface area contributed by atoms with E-state index in [-0.39, 0.29) is 17.9 Å². The van der Waals surface area contributed by atoms with E-state index in [1.54, 1.807) is 6.92 Å². The van der Waals surface area contributed by atoms with E-state index in [2.05, 4.69) is 5.32 Å². The van der Waals surface area contributed by atoms with Gasteiger partial charge in [0.2, 0.25) is 0 Å². The number of phenols is 1. The van der Waals surface area contributed by atoms with Crippen LogP contribution >= 0.6 is 0 Å². The van der Waals surface area contributed by atoms with Crippen molar-refractivity contribution in [3.63, 3.8) is 0 Å². The van der Waals surface area contributed by atoms with Crippen molar-refractivity contribution in [3.05, 3.63) is 65.0 Å². The summed E-state index contributed by atoms with van der Waals surface area (Å²) in [7, 11) is 0. The first kappa shape index (κ1) is 14.4. The zero-order valence-corrected chi connectivity index (χ0v) is 10.8. The Morgan fingerprint density at radius 3 is 2.50 bits per heavy atom. The third-order valence-electron chi connectivity index (χ3n) is 2.98. The highest BCUT2D eigenvalue weighted by Crippen LogP contribution is 2.19. The molecule has 2 nitrogen and oxygen atoms in total. The summed E-state index contributed by atoms with van der Waals surface area (Å²) in [6, 6.07) is 6.46. The Bertz CT molecular complexity index is 596. The van der Waals surface area contributed by atoms with Crippen LogP contribution in [0.5, 0.6) is 5.75 Å². The average molecular weight is 281 g/mol. The summed E-state index contributed by atoms with van der Waals surface area (Å²) >= 11 is 0. The summed E-state index contributed by atoms with van der Waals surface area (Å²) in [6.07, 6.45) is 0. The molecule has 2 N–H and O–H groups in total. The maximum Gasteiger partial charge on any atom is 0.128 e. The van der Waals surface area contributed by atoms with Crippen LogP contribution in [0.15, 0.2) is 36.4 Å². The molecule has 2 aromatic carbocycles. The second-order valence-electron chi connectivity index (χ2n) is 4.59. The fourth-order valence-electron chi connectivity index (χ4n) is 1.96. The Morgan fingerprint density at radius 1 is 1.05 bits per heavy atom. The lowest BCUT2D eigenvalue weighted by Gasteiger charge is -2.15. The molecule has 0 heterocycles. The van der Waals surface area contributed by atoms with Gasteiger partial charge in [0.1, 0.15) is 23.2 Å². The Kier molecular flexibility index (Phi) is 4.29. The molecular formula is C15H14F3NO. The third kappa shape index (κ3) is 3.51. The first-order valence-electron chi connectivity index (χ1n) is 6.12. The molecule has 1 atom stereocenters. The van der Waals surface area contributed by atoms with E-state index in [1.807, 2.05) is 0 Å². The molecule has 20 heavy (non-hydrogen) atoms. The first-order chi connectivity index (χ1) is 9.45. The Labute approximate surface area is 114 Å².